The Bertz CT molecular complexity index is 572. The lowest BCUT2D eigenvalue weighted by Crippen LogP contribution is -2.45. The van der Waals surface area contributed by atoms with E-state index in [2.05, 4.69) is 28.0 Å². The van der Waals surface area contributed by atoms with E-state index in [1.54, 1.807) is 0 Å². The highest BCUT2D eigenvalue weighted by molar-refractivity contribution is 6.32. The normalized spacial score (nSPS) is 26.0. The van der Waals surface area contributed by atoms with E-state index in [4.69, 9.17) is 21.1 Å². The van der Waals surface area contributed by atoms with E-state index in [-0.39, 0.29) is 24.8 Å². The van der Waals surface area contributed by atoms with Crippen LogP contribution in [0.4, 0.5) is 0 Å². The summed E-state index contributed by atoms with van der Waals surface area (Å²) in [5, 5.41) is 0.758. The third kappa shape index (κ3) is 6.38. The fraction of sp³-hybridized carbons (Fsp3) is 0.700. The van der Waals surface area contributed by atoms with E-state index in [1.807, 2.05) is 0 Å². The highest BCUT2D eigenvalue weighted by Gasteiger charge is 2.32. The van der Waals surface area contributed by atoms with Crippen LogP contribution in [0.5, 0.6) is 5.75 Å². The van der Waals surface area contributed by atoms with E-state index in [0.717, 1.165) is 62.4 Å². The van der Waals surface area contributed by atoms with Gasteiger partial charge >= 0.3 is 0 Å². The van der Waals surface area contributed by atoms with Crippen molar-refractivity contribution in [1.29, 1.82) is 0 Å². The molecule has 7 heteroatoms. The first-order valence-corrected chi connectivity index (χ1v) is 10.1. The van der Waals surface area contributed by atoms with Crippen molar-refractivity contribution >= 4 is 36.4 Å². The molecule has 1 aromatic carbocycles. The molecule has 0 aromatic heterocycles. The molecule has 0 amide bonds. The van der Waals surface area contributed by atoms with Crippen molar-refractivity contribution in [2.24, 2.45) is 5.92 Å². The minimum absolute atomic E-state index is 0. The zero-order chi connectivity index (χ0) is 17.1. The third-order valence-electron chi connectivity index (χ3n) is 5.71. The van der Waals surface area contributed by atoms with Crippen molar-refractivity contribution in [2.45, 2.75) is 38.3 Å². The first-order valence-electron chi connectivity index (χ1n) is 9.74. The van der Waals surface area contributed by atoms with Crippen LogP contribution in [0.25, 0.3) is 0 Å². The maximum Gasteiger partial charge on any atom is 0.138 e. The Labute approximate surface area is 180 Å². The molecule has 4 rings (SSSR count). The molecule has 2 aliphatic heterocycles. The van der Waals surface area contributed by atoms with E-state index in [9.17, 15) is 0 Å². The number of halogens is 3. The zero-order valence-electron chi connectivity index (χ0n) is 15.8. The fourth-order valence-electron chi connectivity index (χ4n) is 4.19. The number of ether oxygens (including phenoxy) is 2. The van der Waals surface area contributed by atoms with Gasteiger partial charge in [-0.25, -0.2) is 0 Å². The number of hydrogen-bond donors (Lipinski definition) is 0. The van der Waals surface area contributed by atoms with Crippen molar-refractivity contribution < 1.29 is 9.47 Å². The van der Waals surface area contributed by atoms with Crippen LogP contribution in [-0.4, -0.2) is 61.8 Å². The summed E-state index contributed by atoms with van der Waals surface area (Å²) in [6.07, 6.45) is 5.25. The maximum atomic E-state index is 6.47. The van der Waals surface area contributed by atoms with Gasteiger partial charge < -0.3 is 9.47 Å². The van der Waals surface area contributed by atoms with Crippen LogP contribution in [0, 0.1) is 5.92 Å². The molecule has 1 aromatic rings. The Morgan fingerprint density at radius 3 is 2.37 bits per heavy atom. The van der Waals surface area contributed by atoms with E-state index in [0.29, 0.717) is 6.10 Å². The molecule has 1 saturated carbocycles. The third-order valence-corrected chi connectivity index (χ3v) is 6.00. The average Bonchev–Trinajstić information content (AvgIpc) is 3.09. The molecule has 2 heterocycles. The van der Waals surface area contributed by atoms with Gasteiger partial charge in [0.1, 0.15) is 5.75 Å². The van der Waals surface area contributed by atoms with Gasteiger partial charge in [-0.15, -0.1) is 24.8 Å². The molecule has 0 radical (unpaired) electrons. The van der Waals surface area contributed by atoms with Crippen LogP contribution in [-0.2, 0) is 11.3 Å². The summed E-state index contributed by atoms with van der Waals surface area (Å²) in [7, 11) is 0. The van der Waals surface area contributed by atoms with Gasteiger partial charge in [-0.05, 0) is 62.4 Å². The van der Waals surface area contributed by atoms with Gasteiger partial charge in [-0.1, -0.05) is 17.7 Å². The molecule has 4 nitrogen and oxygen atoms in total. The molecule has 27 heavy (non-hydrogen) atoms. The fourth-order valence-corrected chi connectivity index (χ4v) is 4.43. The molecule has 3 aliphatic rings. The van der Waals surface area contributed by atoms with E-state index in [1.165, 1.54) is 38.0 Å². The van der Waals surface area contributed by atoms with Crippen LogP contribution in [0.15, 0.2) is 18.2 Å². The van der Waals surface area contributed by atoms with Gasteiger partial charge in [-0.3, -0.25) is 9.80 Å². The first kappa shape index (κ1) is 23.1. The lowest BCUT2D eigenvalue weighted by Gasteiger charge is -2.39. The second-order valence-corrected chi connectivity index (χ2v) is 8.15. The lowest BCUT2D eigenvalue weighted by molar-refractivity contribution is 0.000153. The SMILES string of the molecule is Cl.Cl.Clc1cc(CN2CCCC2)ccc1O[C@H]1C[C@H](CN2CCOCC2)C1. The van der Waals surface area contributed by atoms with Crippen LogP contribution in [0.1, 0.15) is 31.2 Å². The summed E-state index contributed by atoms with van der Waals surface area (Å²) in [4.78, 5) is 5.01. The number of hydrogen-bond acceptors (Lipinski definition) is 4. The highest BCUT2D eigenvalue weighted by atomic mass is 35.5. The van der Waals surface area contributed by atoms with Crippen LogP contribution < -0.4 is 4.74 Å². The maximum absolute atomic E-state index is 6.47. The van der Waals surface area contributed by atoms with E-state index >= 15 is 0 Å². The van der Waals surface area contributed by atoms with Crippen molar-refractivity contribution in [3.63, 3.8) is 0 Å². The Balaban J connectivity index is 0.00000131. The minimum Gasteiger partial charge on any atom is -0.489 e. The molecule has 0 unspecified atom stereocenters. The largest absolute Gasteiger partial charge is 0.489 e. The minimum atomic E-state index is 0. The molecule has 154 valence electrons. The van der Waals surface area contributed by atoms with Gasteiger partial charge in [0, 0.05) is 26.2 Å². The number of benzene rings is 1. The van der Waals surface area contributed by atoms with Crippen LogP contribution in [0.3, 0.4) is 0 Å². The quantitative estimate of drug-likeness (QED) is 0.663. The summed E-state index contributed by atoms with van der Waals surface area (Å²) in [6.45, 7) is 8.53. The predicted molar refractivity (Wildman–Crippen MR) is 115 cm³/mol. The smallest absolute Gasteiger partial charge is 0.138 e. The number of nitrogens with zero attached hydrogens (tertiary/aromatic N) is 2. The summed E-state index contributed by atoms with van der Waals surface area (Å²) < 4.78 is 11.6. The van der Waals surface area contributed by atoms with Gasteiger partial charge in [0.15, 0.2) is 0 Å². The summed E-state index contributed by atoms with van der Waals surface area (Å²) in [6, 6.07) is 6.31. The molecular weight excluding hydrogens is 407 g/mol. The van der Waals surface area contributed by atoms with Crippen LogP contribution in [0.2, 0.25) is 5.02 Å². The molecular formula is C20H31Cl3N2O2. The Hall–Kier alpha value is -0.230. The molecule has 0 N–H and O–H groups in total. The molecule has 0 bridgehead atoms. The van der Waals surface area contributed by atoms with Crippen molar-refractivity contribution in [3.8, 4) is 5.75 Å². The predicted octanol–water partition coefficient (Wildman–Crippen LogP) is 4.27. The Morgan fingerprint density at radius 1 is 1.00 bits per heavy atom. The second-order valence-electron chi connectivity index (χ2n) is 7.74. The molecule has 3 fully saturated rings. The van der Waals surface area contributed by atoms with Gasteiger partial charge in [0.25, 0.3) is 0 Å². The summed E-state index contributed by atoms with van der Waals surface area (Å²) in [5.41, 5.74) is 1.29. The number of rotatable bonds is 6. The first-order chi connectivity index (χ1) is 12.3. The van der Waals surface area contributed by atoms with Crippen molar-refractivity contribution in [2.75, 3.05) is 45.9 Å². The molecule has 1 aliphatic carbocycles. The average molecular weight is 438 g/mol. The Morgan fingerprint density at radius 2 is 1.70 bits per heavy atom. The van der Waals surface area contributed by atoms with Gasteiger partial charge in [-0.2, -0.15) is 0 Å². The molecule has 0 spiro atoms. The standard InChI is InChI=1S/C20H29ClN2O2.2ClH/c21-19-13-16(14-22-5-1-2-6-22)3-4-20(19)25-18-11-17(12-18)15-23-7-9-24-10-8-23;;/h3-4,13,17-18H,1-2,5-12,14-15H2;2*1H/t17-,18-;;. The highest BCUT2D eigenvalue weighted by Crippen LogP contribution is 2.35. The van der Waals surface area contributed by atoms with Crippen molar-refractivity contribution in [1.82, 2.24) is 9.80 Å². The number of likely N-dealkylation sites (tertiary alicyclic amines) is 1. The number of morpholine rings is 1. The zero-order valence-corrected chi connectivity index (χ0v) is 18.2. The summed E-state index contributed by atoms with van der Waals surface area (Å²) >= 11 is 6.47. The topological polar surface area (TPSA) is 24.9 Å². The molecule has 0 atom stereocenters. The molecule has 2 saturated heterocycles. The Kier molecular flexibility index (Phi) is 9.46. The van der Waals surface area contributed by atoms with Gasteiger partial charge in [0.05, 0.1) is 24.3 Å². The lowest BCUT2D eigenvalue weighted by atomic mass is 9.82. The summed E-state index contributed by atoms with van der Waals surface area (Å²) in [5.74, 6) is 1.61. The monoisotopic (exact) mass is 436 g/mol. The van der Waals surface area contributed by atoms with Crippen LogP contribution >= 0.6 is 36.4 Å². The second kappa shape index (κ2) is 11.1. The van der Waals surface area contributed by atoms with Crippen molar-refractivity contribution in [3.05, 3.63) is 28.8 Å². The van der Waals surface area contributed by atoms with Gasteiger partial charge in [0.2, 0.25) is 0 Å². The van der Waals surface area contributed by atoms with E-state index < -0.39 is 0 Å².